The molecule has 0 fully saturated rings. The summed E-state index contributed by atoms with van der Waals surface area (Å²) in [6.45, 7) is 18.6. The summed E-state index contributed by atoms with van der Waals surface area (Å²) in [5.41, 5.74) is 23.9. The molecule has 15 aromatic rings. The molecule has 0 bridgehead atoms. The Kier molecular flexibility index (Phi) is 10.5. The maximum Gasteiger partial charge on any atom is 0.0641 e. The molecule has 0 spiro atoms. The van der Waals surface area contributed by atoms with Gasteiger partial charge in [-0.1, -0.05) is 211 Å². The topological polar surface area (TPSA) is 15.3 Å². The van der Waals surface area contributed by atoms with Crippen molar-refractivity contribution in [1.29, 1.82) is 0 Å². The van der Waals surface area contributed by atoms with Crippen LogP contribution in [0, 0.1) is 13.8 Å². The molecule has 0 saturated carbocycles. The minimum absolute atomic E-state index is 0.145. The van der Waals surface area contributed by atoms with E-state index in [1.807, 2.05) is 0 Å². The highest BCUT2D eigenvalue weighted by atomic mass is 15.2. The average molecular weight is 1030 g/mol. The van der Waals surface area contributed by atoms with Crippen molar-refractivity contribution in [3.05, 3.63) is 253 Å². The van der Waals surface area contributed by atoms with Gasteiger partial charge in [0.15, 0.2) is 0 Å². The molecule has 4 nitrogen and oxygen atoms in total. The standard InChI is InChI=1S/C76H62N4/c1-47-35-37-53(49-23-13-9-14-24-49)65(43-47)77(51-27-17-11-18-28-51)63-41-39-55-59-45-68-60(46-67(59)79-71-57(69(63)73(55)79)31-21-33-61(71)75(3,4)5)56-40-42-64(70-58-32-22-34-62(76(6,7)8)72(58)80(68)74(56)70)78(52-29-19-12-20-30-52)66-44-48(2)36-38-54(66)50-25-15-10-16-26-50/h9-46H,1-8H3. The number of rotatable bonds is 8. The Bertz CT molecular complexity index is 4590. The molecular formula is C76H62N4. The summed E-state index contributed by atoms with van der Waals surface area (Å²) < 4.78 is 5.30. The van der Waals surface area contributed by atoms with E-state index < -0.39 is 0 Å². The minimum Gasteiger partial charge on any atom is -0.309 e. The van der Waals surface area contributed by atoms with E-state index in [4.69, 9.17) is 0 Å². The number of aromatic nitrogens is 2. The fraction of sp³-hybridized carbons (Fsp3) is 0.132. The van der Waals surface area contributed by atoms with Gasteiger partial charge in [-0.3, -0.25) is 0 Å². The fourth-order valence-corrected chi connectivity index (χ4v) is 13.6. The first-order valence-corrected chi connectivity index (χ1v) is 28.3. The van der Waals surface area contributed by atoms with Crippen LogP contribution in [0.1, 0.15) is 63.8 Å². The molecule has 0 aliphatic rings. The highest BCUT2D eigenvalue weighted by Crippen LogP contribution is 2.54. The van der Waals surface area contributed by atoms with Crippen LogP contribution in [0.4, 0.5) is 34.1 Å². The van der Waals surface area contributed by atoms with Crippen LogP contribution in [0.15, 0.2) is 231 Å². The third kappa shape index (κ3) is 7.07. The van der Waals surface area contributed by atoms with Gasteiger partial charge in [0.2, 0.25) is 0 Å². The number of hydrogen-bond donors (Lipinski definition) is 0. The second-order valence-corrected chi connectivity index (χ2v) is 24.3. The molecular weight excluding hydrogens is 969 g/mol. The van der Waals surface area contributed by atoms with Crippen LogP contribution < -0.4 is 9.80 Å². The van der Waals surface area contributed by atoms with Crippen molar-refractivity contribution in [2.45, 2.75) is 66.2 Å². The van der Waals surface area contributed by atoms with Gasteiger partial charge in [0.1, 0.15) is 0 Å². The van der Waals surface area contributed by atoms with Crippen molar-refractivity contribution in [2.75, 3.05) is 9.80 Å². The van der Waals surface area contributed by atoms with Crippen molar-refractivity contribution < 1.29 is 0 Å². The zero-order valence-electron chi connectivity index (χ0n) is 46.7. The first kappa shape index (κ1) is 47.8. The summed E-state index contributed by atoms with van der Waals surface area (Å²) in [4.78, 5) is 5.04. The van der Waals surface area contributed by atoms with Gasteiger partial charge in [-0.2, -0.15) is 0 Å². The highest BCUT2D eigenvalue weighted by molar-refractivity contribution is 6.33. The Hall–Kier alpha value is -9.38. The molecule has 0 saturated heterocycles. The quantitative estimate of drug-likeness (QED) is 0.151. The lowest BCUT2D eigenvalue weighted by Crippen LogP contribution is -2.12. The SMILES string of the molecule is Cc1ccc(-c2ccccc2)c(N(c2ccccc2)c2ccc3c4cc5c(cc4n4c6c(C(C)(C)C)cccc6c2c34)c2ccc(N(c3ccccc3)c3cc(C)ccc3-c3ccccc3)c3c4cccc(C(C)(C)C)c4n5c23)c1. The Morgan fingerprint density at radius 2 is 0.675 bits per heavy atom. The van der Waals surface area contributed by atoms with E-state index in [1.165, 1.54) is 121 Å². The van der Waals surface area contributed by atoms with Crippen LogP contribution in [0.5, 0.6) is 0 Å². The van der Waals surface area contributed by atoms with E-state index in [9.17, 15) is 0 Å². The molecule has 4 heterocycles. The Morgan fingerprint density at radius 1 is 0.300 bits per heavy atom. The number of benzene rings is 11. The lowest BCUT2D eigenvalue weighted by Gasteiger charge is -2.29. The van der Waals surface area contributed by atoms with E-state index in [1.54, 1.807) is 0 Å². The first-order valence-electron chi connectivity index (χ1n) is 28.3. The van der Waals surface area contributed by atoms with E-state index in [0.717, 1.165) is 34.1 Å². The molecule has 80 heavy (non-hydrogen) atoms. The van der Waals surface area contributed by atoms with Crippen molar-refractivity contribution in [3.8, 4) is 22.3 Å². The van der Waals surface area contributed by atoms with Gasteiger partial charge in [0.25, 0.3) is 0 Å². The number of fused-ring (bicyclic) bond motifs is 12. The van der Waals surface area contributed by atoms with Crippen LogP contribution in [0.25, 0.3) is 98.4 Å². The van der Waals surface area contributed by atoms with E-state index in [-0.39, 0.29) is 10.8 Å². The summed E-state index contributed by atoms with van der Waals surface area (Å²) in [6.07, 6.45) is 0. The molecule has 0 atom stereocenters. The van der Waals surface area contributed by atoms with E-state index in [2.05, 4.69) is 305 Å². The van der Waals surface area contributed by atoms with Gasteiger partial charge in [-0.05, 0) is 119 Å². The summed E-state index contributed by atoms with van der Waals surface area (Å²) in [6, 6.07) is 86.3. The molecule has 0 amide bonds. The first-order chi connectivity index (χ1) is 38.8. The number of hydrogen-bond acceptors (Lipinski definition) is 2. The van der Waals surface area contributed by atoms with Crippen molar-refractivity contribution in [3.63, 3.8) is 0 Å². The molecule has 0 aliphatic carbocycles. The number of aryl methyl sites for hydroxylation is 2. The van der Waals surface area contributed by atoms with Crippen LogP contribution in [0.3, 0.4) is 0 Å². The van der Waals surface area contributed by atoms with Gasteiger partial charge >= 0.3 is 0 Å². The number of para-hydroxylation sites is 4. The average Bonchev–Trinajstić information content (AvgIpc) is 3.75. The molecule has 15 rings (SSSR count). The summed E-state index contributed by atoms with van der Waals surface area (Å²) in [5.74, 6) is 0. The van der Waals surface area contributed by atoms with Gasteiger partial charge < -0.3 is 18.6 Å². The van der Waals surface area contributed by atoms with Crippen LogP contribution in [-0.4, -0.2) is 8.80 Å². The highest BCUT2D eigenvalue weighted by Gasteiger charge is 2.32. The largest absolute Gasteiger partial charge is 0.309 e. The van der Waals surface area contributed by atoms with Crippen LogP contribution >= 0.6 is 0 Å². The Morgan fingerprint density at radius 3 is 1.05 bits per heavy atom. The smallest absolute Gasteiger partial charge is 0.0641 e. The van der Waals surface area contributed by atoms with Gasteiger partial charge in [0, 0.05) is 65.6 Å². The second-order valence-electron chi connectivity index (χ2n) is 24.3. The number of nitrogens with zero attached hydrogens (tertiary/aromatic N) is 4. The molecule has 4 heteroatoms. The number of anilines is 6. The fourth-order valence-electron chi connectivity index (χ4n) is 13.6. The monoisotopic (exact) mass is 1030 g/mol. The minimum atomic E-state index is -0.145. The van der Waals surface area contributed by atoms with E-state index >= 15 is 0 Å². The molecule has 0 radical (unpaired) electrons. The molecule has 0 N–H and O–H groups in total. The van der Waals surface area contributed by atoms with Crippen molar-refractivity contribution in [2.24, 2.45) is 0 Å². The third-order valence-corrected chi connectivity index (χ3v) is 17.1. The third-order valence-electron chi connectivity index (χ3n) is 17.1. The van der Waals surface area contributed by atoms with E-state index in [0.29, 0.717) is 0 Å². The molecule has 0 aliphatic heterocycles. The zero-order chi connectivity index (χ0) is 54.3. The summed E-state index contributed by atoms with van der Waals surface area (Å²) >= 11 is 0. The van der Waals surface area contributed by atoms with Crippen molar-refractivity contribution >= 4 is 110 Å². The summed E-state index contributed by atoms with van der Waals surface area (Å²) in [5, 5.41) is 10.0. The predicted molar refractivity (Wildman–Crippen MR) is 343 cm³/mol. The summed E-state index contributed by atoms with van der Waals surface area (Å²) in [7, 11) is 0. The van der Waals surface area contributed by atoms with Crippen molar-refractivity contribution in [1.82, 2.24) is 8.80 Å². The molecule has 4 aromatic heterocycles. The second kappa shape index (κ2) is 17.6. The maximum atomic E-state index is 2.65. The molecule has 386 valence electrons. The predicted octanol–water partition coefficient (Wildman–Crippen LogP) is 21.5. The van der Waals surface area contributed by atoms with Gasteiger partial charge in [-0.25, -0.2) is 0 Å². The molecule has 11 aromatic carbocycles. The van der Waals surface area contributed by atoms with Gasteiger partial charge in [0.05, 0.1) is 55.8 Å². The molecule has 0 unspecified atom stereocenters. The zero-order valence-corrected chi connectivity index (χ0v) is 46.7. The Balaban J connectivity index is 1.08. The normalized spacial score (nSPS) is 12.5. The lowest BCUT2D eigenvalue weighted by atomic mass is 9.85. The van der Waals surface area contributed by atoms with Gasteiger partial charge in [-0.15, -0.1) is 0 Å². The Labute approximate surface area is 467 Å². The van der Waals surface area contributed by atoms with Crippen LogP contribution in [-0.2, 0) is 10.8 Å². The van der Waals surface area contributed by atoms with Crippen LogP contribution in [0.2, 0.25) is 0 Å². The maximum absolute atomic E-state index is 2.65. The lowest BCUT2D eigenvalue weighted by molar-refractivity contribution is 0.594.